The van der Waals surface area contributed by atoms with Crippen LogP contribution in [0, 0.1) is 5.82 Å². The molecule has 2 aromatic rings. The number of carbonyl (C=O) groups excluding carboxylic acids is 1. The normalized spacial score (nSPS) is 16.6. The van der Waals surface area contributed by atoms with Gasteiger partial charge in [0.1, 0.15) is 5.82 Å². The number of piperidine rings is 1. The van der Waals surface area contributed by atoms with Crippen LogP contribution in [0.1, 0.15) is 23.2 Å². The summed E-state index contributed by atoms with van der Waals surface area (Å²) in [5.41, 5.74) is 0.565. The Labute approximate surface area is 122 Å². The molecule has 3 rings (SSSR count). The Bertz CT molecular complexity index is 650. The molecule has 1 aliphatic rings. The Morgan fingerprint density at radius 1 is 1.10 bits per heavy atom. The number of alkyl halides is 1. The number of halogens is 2. The zero-order valence-electron chi connectivity index (χ0n) is 11.0. The molecule has 0 radical (unpaired) electrons. The minimum Gasteiger partial charge on any atom is -0.339 e. The van der Waals surface area contributed by atoms with Gasteiger partial charge < -0.3 is 4.90 Å². The topological polar surface area (TPSA) is 20.3 Å². The van der Waals surface area contributed by atoms with Crippen LogP contribution in [0.5, 0.6) is 0 Å². The standard InChI is InChI=1S/C16H15ClFNO/c17-11-7-9-19(10-8-11)16(20)14-5-6-15(18)13-4-2-1-3-12(13)14/h1-6,11H,7-10H2. The van der Waals surface area contributed by atoms with Crippen molar-refractivity contribution >= 4 is 28.3 Å². The smallest absolute Gasteiger partial charge is 0.254 e. The molecule has 4 heteroatoms. The fraction of sp³-hybridized carbons (Fsp3) is 0.312. The molecule has 1 saturated heterocycles. The van der Waals surface area contributed by atoms with Crippen LogP contribution < -0.4 is 0 Å². The van der Waals surface area contributed by atoms with Crippen molar-refractivity contribution in [1.29, 1.82) is 0 Å². The van der Waals surface area contributed by atoms with Crippen molar-refractivity contribution in [3.63, 3.8) is 0 Å². The number of fused-ring (bicyclic) bond motifs is 1. The first kappa shape index (κ1) is 13.4. The molecule has 0 aromatic heterocycles. The highest BCUT2D eigenvalue weighted by Gasteiger charge is 2.23. The minimum atomic E-state index is -0.295. The van der Waals surface area contributed by atoms with Gasteiger partial charge in [-0.25, -0.2) is 4.39 Å². The summed E-state index contributed by atoms with van der Waals surface area (Å²) in [6, 6.07) is 10.0. The lowest BCUT2D eigenvalue weighted by Crippen LogP contribution is -2.38. The highest BCUT2D eigenvalue weighted by atomic mass is 35.5. The Kier molecular flexibility index (Phi) is 3.62. The molecular weight excluding hydrogens is 277 g/mol. The Hall–Kier alpha value is -1.61. The Morgan fingerprint density at radius 3 is 2.45 bits per heavy atom. The lowest BCUT2D eigenvalue weighted by atomic mass is 10.0. The number of hydrogen-bond acceptors (Lipinski definition) is 1. The highest BCUT2D eigenvalue weighted by Crippen LogP contribution is 2.24. The predicted octanol–water partition coefficient (Wildman–Crippen LogP) is 3.82. The third-order valence-electron chi connectivity index (χ3n) is 3.81. The van der Waals surface area contributed by atoms with Gasteiger partial charge >= 0.3 is 0 Å². The maximum atomic E-state index is 13.8. The molecule has 0 saturated carbocycles. The van der Waals surface area contributed by atoms with E-state index in [0.717, 1.165) is 12.8 Å². The van der Waals surface area contributed by atoms with Crippen LogP contribution in [0.25, 0.3) is 10.8 Å². The summed E-state index contributed by atoms with van der Waals surface area (Å²) in [6.07, 6.45) is 1.62. The average molecular weight is 292 g/mol. The lowest BCUT2D eigenvalue weighted by Gasteiger charge is -2.29. The second kappa shape index (κ2) is 5.41. The van der Waals surface area contributed by atoms with Crippen LogP contribution in [-0.4, -0.2) is 29.3 Å². The Balaban J connectivity index is 1.98. The first-order chi connectivity index (χ1) is 9.66. The van der Waals surface area contributed by atoms with E-state index < -0.39 is 0 Å². The highest BCUT2D eigenvalue weighted by molar-refractivity contribution is 6.20. The molecule has 2 aromatic carbocycles. The molecule has 1 aliphatic heterocycles. The van der Waals surface area contributed by atoms with Gasteiger partial charge in [0.15, 0.2) is 0 Å². The van der Waals surface area contributed by atoms with Crippen molar-refractivity contribution in [3.05, 3.63) is 47.8 Å². The second-order valence-electron chi connectivity index (χ2n) is 5.11. The predicted molar refractivity (Wildman–Crippen MR) is 78.7 cm³/mol. The van der Waals surface area contributed by atoms with Gasteiger partial charge in [-0.05, 0) is 30.4 Å². The first-order valence-electron chi connectivity index (χ1n) is 6.77. The molecule has 0 aliphatic carbocycles. The van der Waals surface area contributed by atoms with E-state index in [0.29, 0.717) is 29.4 Å². The van der Waals surface area contributed by atoms with Gasteiger partial charge in [0, 0.05) is 29.4 Å². The van der Waals surface area contributed by atoms with Crippen LogP contribution >= 0.6 is 11.6 Å². The molecule has 0 bridgehead atoms. The summed E-state index contributed by atoms with van der Waals surface area (Å²) in [5.74, 6) is -0.332. The number of hydrogen-bond donors (Lipinski definition) is 0. The van der Waals surface area contributed by atoms with E-state index in [9.17, 15) is 9.18 Å². The van der Waals surface area contributed by atoms with Gasteiger partial charge in [0.2, 0.25) is 0 Å². The van der Waals surface area contributed by atoms with Crippen molar-refractivity contribution in [2.24, 2.45) is 0 Å². The number of rotatable bonds is 1. The molecule has 0 spiro atoms. The van der Waals surface area contributed by atoms with Crippen LogP contribution in [0.2, 0.25) is 0 Å². The Morgan fingerprint density at radius 2 is 1.75 bits per heavy atom. The number of carbonyl (C=O) groups is 1. The quantitative estimate of drug-likeness (QED) is 0.732. The third kappa shape index (κ3) is 2.38. The van der Waals surface area contributed by atoms with Crippen LogP contribution in [0.4, 0.5) is 4.39 Å². The van der Waals surface area contributed by atoms with E-state index in [4.69, 9.17) is 11.6 Å². The summed E-state index contributed by atoms with van der Waals surface area (Å²) < 4.78 is 13.8. The molecule has 20 heavy (non-hydrogen) atoms. The summed E-state index contributed by atoms with van der Waals surface area (Å²) in [7, 11) is 0. The van der Waals surface area contributed by atoms with Gasteiger partial charge in [-0.3, -0.25) is 4.79 Å². The van der Waals surface area contributed by atoms with E-state index in [1.54, 1.807) is 29.2 Å². The zero-order chi connectivity index (χ0) is 14.1. The number of benzene rings is 2. The number of nitrogens with zero attached hydrogens (tertiary/aromatic N) is 1. The summed E-state index contributed by atoms with van der Waals surface area (Å²) in [4.78, 5) is 14.4. The lowest BCUT2D eigenvalue weighted by molar-refractivity contribution is 0.0728. The van der Waals surface area contributed by atoms with E-state index in [1.165, 1.54) is 6.07 Å². The molecule has 0 N–H and O–H groups in total. The van der Waals surface area contributed by atoms with Gasteiger partial charge in [0.25, 0.3) is 5.91 Å². The first-order valence-corrected chi connectivity index (χ1v) is 7.21. The zero-order valence-corrected chi connectivity index (χ0v) is 11.7. The molecule has 1 heterocycles. The van der Waals surface area contributed by atoms with Crippen molar-refractivity contribution < 1.29 is 9.18 Å². The molecule has 1 amide bonds. The second-order valence-corrected chi connectivity index (χ2v) is 5.72. The van der Waals surface area contributed by atoms with Crippen molar-refractivity contribution in [2.75, 3.05) is 13.1 Å². The summed E-state index contributed by atoms with van der Waals surface area (Å²) >= 11 is 6.06. The van der Waals surface area contributed by atoms with Gasteiger partial charge in [-0.2, -0.15) is 0 Å². The van der Waals surface area contributed by atoms with Crippen molar-refractivity contribution in [1.82, 2.24) is 4.90 Å². The summed E-state index contributed by atoms with van der Waals surface area (Å²) in [5, 5.41) is 1.32. The van der Waals surface area contributed by atoms with Gasteiger partial charge in [-0.15, -0.1) is 11.6 Å². The third-order valence-corrected chi connectivity index (χ3v) is 4.25. The molecule has 104 valence electrons. The number of likely N-dealkylation sites (tertiary alicyclic amines) is 1. The molecular formula is C16H15ClFNO. The fourth-order valence-electron chi connectivity index (χ4n) is 2.67. The summed E-state index contributed by atoms with van der Waals surface area (Å²) in [6.45, 7) is 1.33. The monoisotopic (exact) mass is 291 g/mol. The van der Waals surface area contributed by atoms with E-state index in [1.807, 2.05) is 6.07 Å². The van der Waals surface area contributed by atoms with Gasteiger partial charge in [0.05, 0.1) is 0 Å². The van der Waals surface area contributed by atoms with Crippen molar-refractivity contribution in [2.45, 2.75) is 18.2 Å². The maximum Gasteiger partial charge on any atom is 0.254 e. The van der Waals surface area contributed by atoms with Crippen molar-refractivity contribution in [3.8, 4) is 0 Å². The van der Waals surface area contributed by atoms with E-state index in [2.05, 4.69) is 0 Å². The minimum absolute atomic E-state index is 0.0373. The van der Waals surface area contributed by atoms with Crippen LogP contribution in [0.15, 0.2) is 36.4 Å². The largest absolute Gasteiger partial charge is 0.339 e. The molecule has 2 nitrogen and oxygen atoms in total. The molecule has 0 unspecified atom stereocenters. The van der Waals surface area contributed by atoms with Gasteiger partial charge in [-0.1, -0.05) is 24.3 Å². The molecule has 1 fully saturated rings. The molecule has 0 atom stereocenters. The SMILES string of the molecule is O=C(c1ccc(F)c2ccccc12)N1CCC(Cl)CC1. The fourth-order valence-corrected chi connectivity index (χ4v) is 2.87. The average Bonchev–Trinajstić information content (AvgIpc) is 2.48. The van der Waals surface area contributed by atoms with E-state index >= 15 is 0 Å². The van der Waals surface area contributed by atoms with Crippen LogP contribution in [-0.2, 0) is 0 Å². The van der Waals surface area contributed by atoms with Crippen LogP contribution in [0.3, 0.4) is 0 Å². The number of amides is 1. The van der Waals surface area contributed by atoms with E-state index in [-0.39, 0.29) is 17.1 Å². The maximum absolute atomic E-state index is 13.8.